The average molecular weight is 294 g/mol. The third-order valence-corrected chi connectivity index (χ3v) is 4.15. The maximum atomic E-state index is 11.1. The highest BCUT2D eigenvalue weighted by atomic mass is 32.2. The van der Waals surface area contributed by atoms with E-state index in [0.717, 1.165) is 31.9 Å². The van der Waals surface area contributed by atoms with E-state index in [1.54, 1.807) is 0 Å². The lowest BCUT2D eigenvalue weighted by Crippen LogP contribution is -2.39. The van der Waals surface area contributed by atoms with Crippen LogP contribution in [0.3, 0.4) is 0 Å². The summed E-state index contributed by atoms with van der Waals surface area (Å²) in [6.07, 6.45) is 4.17. The van der Waals surface area contributed by atoms with Crippen molar-refractivity contribution in [2.45, 2.75) is 45.6 Å². The molecule has 0 heterocycles. The average Bonchev–Trinajstić information content (AvgIpc) is 2.35. The zero-order chi connectivity index (χ0) is 14.4. The summed E-state index contributed by atoms with van der Waals surface area (Å²) in [7, 11) is -3.36. The van der Waals surface area contributed by atoms with Crippen LogP contribution in [-0.2, 0) is 23.8 Å². The lowest BCUT2D eigenvalue weighted by molar-refractivity contribution is -0.0518. The van der Waals surface area contributed by atoms with Gasteiger partial charge >= 0.3 is 0 Å². The number of rotatable bonds is 8. The molecule has 1 fully saturated rings. The van der Waals surface area contributed by atoms with E-state index in [2.05, 4.69) is 0 Å². The molecular formula is C13H26O5S. The van der Waals surface area contributed by atoms with Crippen LogP contribution in [0, 0.1) is 5.41 Å². The van der Waals surface area contributed by atoms with Crippen molar-refractivity contribution in [3.8, 4) is 0 Å². The van der Waals surface area contributed by atoms with Crippen molar-refractivity contribution in [1.29, 1.82) is 0 Å². The Morgan fingerprint density at radius 1 is 1.05 bits per heavy atom. The summed E-state index contributed by atoms with van der Waals surface area (Å²) >= 11 is 0. The first-order valence-corrected chi connectivity index (χ1v) is 8.76. The Bertz CT molecular complexity index is 334. The van der Waals surface area contributed by atoms with Crippen molar-refractivity contribution in [3.05, 3.63) is 0 Å². The highest BCUT2D eigenvalue weighted by Gasteiger charge is 2.37. The second-order valence-corrected chi connectivity index (χ2v) is 6.87. The van der Waals surface area contributed by atoms with Gasteiger partial charge in [0.15, 0.2) is 0 Å². The fourth-order valence-corrected chi connectivity index (χ4v) is 3.20. The predicted octanol–water partition coefficient (Wildman–Crippen LogP) is 1.96. The van der Waals surface area contributed by atoms with Gasteiger partial charge in [0, 0.05) is 18.6 Å². The molecule has 0 N–H and O–H groups in total. The molecule has 0 unspecified atom stereocenters. The molecule has 1 aliphatic rings. The van der Waals surface area contributed by atoms with Gasteiger partial charge in [0.25, 0.3) is 10.1 Å². The number of ether oxygens (including phenoxy) is 2. The minimum atomic E-state index is -3.36. The van der Waals surface area contributed by atoms with E-state index in [4.69, 9.17) is 13.7 Å². The Morgan fingerprint density at radius 3 is 1.89 bits per heavy atom. The molecule has 0 aromatic carbocycles. The highest BCUT2D eigenvalue weighted by Crippen LogP contribution is 2.38. The van der Waals surface area contributed by atoms with Gasteiger partial charge in [-0.1, -0.05) is 0 Å². The molecule has 0 aromatic heterocycles. The van der Waals surface area contributed by atoms with Crippen molar-refractivity contribution >= 4 is 10.1 Å². The Hall–Kier alpha value is -0.170. The van der Waals surface area contributed by atoms with Gasteiger partial charge in [-0.2, -0.15) is 8.42 Å². The molecule has 6 heteroatoms. The fourth-order valence-electron chi connectivity index (χ4n) is 2.51. The minimum Gasteiger partial charge on any atom is -0.381 e. The molecule has 0 spiro atoms. The van der Waals surface area contributed by atoms with Crippen molar-refractivity contribution < 1.29 is 22.1 Å². The normalized spacial score (nSPS) is 20.6. The quantitative estimate of drug-likeness (QED) is 0.640. The zero-order valence-corrected chi connectivity index (χ0v) is 13.0. The molecule has 0 aromatic rings. The molecule has 1 aliphatic carbocycles. The minimum absolute atomic E-state index is 0.0172. The van der Waals surface area contributed by atoms with Crippen LogP contribution in [0.25, 0.3) is 0 Å². The van der Waals surface area contributed by atoms with Crippen molar-refractivity contribution in [1.82, 2.24) is 0 Å². The molecule has 0 aliphatic heterocycles. The second-order valence-electron chi connectivity index (χ2n) is 5.27. The summed E-state index contributed by atoms with van der Waals surface area (Å²) in [4.78, 5) is 0. The Morgan fingerprint density at radius 2 is 1.53 bits per heavy atom. The second kappa shape index (κ2) is 7.57. The summed E-state index contributed by atoms with van der Waals surface area (Å²) in [5.41, 5.74) is 0.0172. The topological polar surface area (TPSA) is 61.8 Å². The fraction of sp³-hybridized carbons (Fsp3) is 1.00. The molecule has 0 saturated heterocycles. The Balaban J connectivity index is 2.52. The predicted molar refractivity (Wildman–Crippen MR) is 73.6 cm³/mol. The number of hydrogen-bond acceptors (Lipinski definition) is 5. The van der Waals surface area contributed by atoms with Crippen molar-refractivity contribution in [2.75, 3.05) is 32.7 Å². The first kappa shape index (κ1) is 16.9. The Kier molecular flexibility index (Phi) is 6.73. The monoisotopic (exact) mass is 294 g/mol. The molecule has 0 radical (unpaired) electrons. The smallest absolute Gasteiger partial charge is 0.264 e. The van der Waals surface area contributed by atoms with Crippen LogP contribution in [0.4, 0.5) is 0 Å². The van der Waals surface area contributed by atoms with Crippen LogP contribution in [0.15, 0.2) is 0 Å². The van der Waals surface area contributed by atoms with Gasteiger partial charge in [0.05, 0.1) is 25.6 Å². The van der Waals surface area contributed by atoms with E-state index < -0.39 is 10.1 Å². The molecule has 19 heavy (non-hydrogen) atoms. The summed E-state index contributed by atoms with van der Waals surface area (Å²) in [5, 5.41) is 0. The lowest BCUT2D eigenvalue weighted by atomic mass is 9.74. The molecule has 1 saturated carbocycles. The summed E-state index contributed by atoms with van der Waals surface area (Å²) in [5.74, 6) is 0. The van der Waals surface area contributed by atoms with Crippen molar-refractivity contribution in [3.63, 3.8) is 0 Å². The SMILES string of the molecule is CCOCC1(COCC)CCC(OS(C)(=O)=O)CC1. The van der Waals surface area contributed by atoms with E-state index in [0.29, 0.717) is 26.4 Å². The van der Waals surface area contributed by atoms with Gasteiger partial charge in [-0.15, -0.1) is 0 Å². The molecule has 5 nitrogen and oxygen atoms in total. The van der Waals surface area contributed by atoms with E-state index >= 15 is 0 Å². The molecular weight excluding hydrogens is 268 g/mol. The summed E-state index contributed by atoms with van der Waals surface area (Å²) < 4.78 is 38.5. The maximum Gasteiger partial charge on any atom is 0.264 e. The van der Waals surface area contributed by atoms with Crippen LogP contribution in [0.1, 0.15) is 39.5 Å². The molecule has 1 rings (SSSR count). The first-order chi connectivity index (χ1) is 8.91. The molecule has 0 amide bonds. The van der Waals surface area contributed by atoms with E-state index in [9.17, 15) is 8.42 Å². The molecule has 0 bridgehead atoms. The van der Waals surface area contributed by atoms with Gasteiger partial charge in [0.1, 0.15) is 0 Å². The molecule has 114 valence electrons. The van der Waals surface area contributed by atoms with Crippen LogP contribution in [0.5, 0.6) is 0 Å². The van der Waals surface area contributed by atoms with Crippen LogP contribution in [-0.4, -0.2) is 47.2 Å². The van der Waals surface area contributed by atoms with Gasteiger partial charge in [-0.3, -0.25) is 4.18 Å². The molecule has 0 atom stereocenters. The van der Waals surface area contributed by atoms with Gasteiger partial charge in [-0.05, 0) is 39.5 Å². The standard InChI is InChI=1S/C13H26O5S/c1-4-16-10-13(11-17-5-2)8-6-12(7-9-13)18-19(3,14)15/h12H,4-11H2,1-3H3. The summed E-state index contributed by atoms with van der Waals surface area (Å²) in [6, 6.07) is 0. The first-order valence-electron chi connectivity index (χ1n) is 6.94. The van der Waals surface area contributed by atoms with Crippen LogP contribution >= 0.6 is 0 Å². The van der Waals surface area contributed by atoms with Gasteiger partial charge < -0.3 is 9.47 Å². The van der Waals surface area contributed by atoms with E-state index in [1.165, 1.54) is 0 Å². The third kappa shape index (κ3) is 6.21. The van der Waals surface area contributed by atoms with E-state index in [1.807, 2.05) is 13.8 Å². The lowest BCUT2D eigenvalue weighted by Gasteiger charge is -2.39. The highest BCUT2D eigenvalue weighted by molar-refractivity contribution is 7.86. The van der Waals surface area contributed by atoms with Gasteiger partial charge in [-0.25, -0.2) is 0 Å². The van der Waals surface area contributed by atoms with Crippen molar-refractivity contribution in [2.24, 2.45) is 5.41 Å². The number of hydrogen-bond donors (Lipinski definition) is 0. The van der Waals surface area contributed by atoms with Crippen LogP contribution < -0.4 is 0 Å². The zero-order valence-electron chi connectivity index (χ0n) is 12.2. The van der Waals surface area contributed by atoms with E-state index in [-0.39, 0.29) is 11.5 Å². The summed E-state index contributed by atoms with van der Waals surface area (Å²) in [6.45, 7) is 6.69. The van der Waals surface area contributed by atoms with Crippen LogP contribution in [0.2, 0.25) is 0 Å². The maximum absolute atomic E-state index is 11.1. The largest absolute Gasteiger partial charge is 0.381 e. The Labute approximate surface area is 116 Å². The van der Waals surface area contributed by atoms with Gasteiger partial charge in [0.2, 0.25) is 0 Å². The third-order valence-electron chi connectivity index (χ3n) is 3.53.